The van der Waals surface area contributed by atoms with Crippen molar-refractivity contribution in [3.63, 3.8) is 0 Å². The van der Waals surface area contributed by atoms with Gasteiger partial charge in [-0.1, -0.05) is 0 Å². The molecule has 2 N–H and O–H groups in total. The number of carbonyl (C=O) groups excluding carboxylic acids is 1. The Bertz CT molecular complexity index is 1640. The number of anilines is 2. The number of benzene rings is 2. The second-order valence-electron chi connectivity index (χ2n) is 11.6. The molecule has 13 nitrogen and oxygen atoms in total. The number of nitrogens with zero attached hydrogens (tertiary/aromatic N) is 4. The zero-order valence-corrected chi connectivity index (χ0v) is 27.2. The van der Waals surface area contributed by atoms with Crippen molar-refractivity contribution in [1.82, 2.24) is 14.8 Å². The Labute approximate surface area is 268 Å². The van der Waals surface area contributed by atoms with Crippen molar-refractivity contribution in [3.05, 3.63) is 48.2 Å². The molecule has 0 saturated carbocycles. The molecule has 14 heteroatoms. The fraction of sp³-hybridized carbons (Fsp3) is 0.469. The number of urea groups is 1. The van der Waals surface area contributed by atoms with Crippen LogP contribution in [-0.4, -0.2) is 117 Å². The maximum atomic E-state index is 13.0. The number of piperazine rings is 1. The molecule has 2 fully saturated rings. The molecule has 2 saturated heterocycles. The Hall–Kier alpha value is -4.30. The average Bonchev–Trinajstić information content (AvgIpc) is 3.03. The zero-order chi connectivity index (χ0) is 32.8. The standard InChI is InChI=1S/C32H41N5O8S/c1-22(2)45-24-7-5-23(6-8-24)34-32(40)37-12-10-36(11-13-37)30-25-19-28(43-3)29(20-27(25)33-21-26(30)31(38)39)44-16-4-9-35-14-17-46(41,42)18-15-35/h5-8,19-22H,4,9-18H2,1-3H3,(H,34,40)(H,38,39). The normalized spacial score (nSPS) is 16.8. The molecular weight excluding hydrogens is 614 g/mol. The van der Waals surface area contributed by atoms with Gasteiger partial charge < -0.3 is 39.3 Å². The molecule has 0 aliphatic carbocycles. The fourth-order valence-electron chi connectivity index (χ4n) is 5.62. The summed E-state index contributed by atoms with van der Waals surface area (Å²) < 4.78 is 40.7. The molecule has 3 aromatic rings. The van der Waals surface area contributed by atoms with Crippen LogP contribution in [0.1, 0.15) is 30.6 Å². The van der Waals surface area contributed by atoms with E-state index in [1.54, 1.807) is 29.2 Å². The van der Waals surface area contributed by atoms with E-state index in [2.05, 4.69) is 15.2 Å². The van der Waals surface area contributed by atoms with Gasteiger partial charge in [-0.05, 0) is 50.6 Å². The van der Waals surface area contributed by atoms with Crippen molar-refractivity contribution in [3.8, 4) is 17.2 Å². The lowest BCUT2D eigenvalue weighted by Crippen LogP contribution is -2.50. The topological polar surface area (TPSA) is 151 Å². The Morgan fingerprint density at radius 3 is 2.33 bits per heavy atom. The van der Waals surface area contributed by atoms with Gasteiger partial charge in [0.15, 0.2) is 21.3 Å². The van der Waals surface area contributed by atoms with Gasteiger partial charge >= 0.3 is 12.0 Å². The number of hydrogen-bond donors (Lipinski definition) is 2. The third kappa shape index (κ3) is 8.10. The Morgan fingerprint density at radius 1 is 1.00 bits per heavy atom. The van der Waals surface area contributed by atoms with Gasteiger partial charge in [-0.15, -0.1) is 0 Å². The number of amides is 2. The summed E-state index contributed by atoms with van der Waals surface area (Å²) in [5.74, 6) is 0.936. The number of fused-ring (bicyclic) bond motifs is 1. The number of carbonyl (C=O) groups is 2. The van der Waals surface area contributed by atoms with E-state index in [4.69, 9.17) is 14.2 Å². The second kappa shape index (κ2) is 14.4. The van der Waals surface area contributed by atoms with Crippen LogP contribution in [0.3, 0.4) is 0 Å². The third-order valence-corrected chi connectivity index (χ3v) is 9.64. The molecule has 0 atom stereocenters. The molecule has 3 heterocycles. The van der Waals surface area contributed by atoms with Gasteiger partial charge in [0.25, 0.3) is 0 Å². The van der Waals surface area contributed by atoms with Crippen LogP contribution in [0, 0.1) is 0 Å². The highest BCUT2D eigenvalue weighted by atomic mass is 32.2. The van der Waals surface area contributed by atoms with Crippen LogP contribution in [0.2, 0.25) is 0 Å². The fourth-order valence-corrected chi connectivity index (χ4v) is 6.90. The molecule has 46 heavy (non-hydrogen) atoms. The number of hydrogen-bond acceptors (Lipinski definition) is 10. The number of sulfone groups is 1. The summed E-state index contributed by atoms with van der Waals surface area (Å²) in [5.41, 5.74) is 1.79. The van der Waals surface area contributed by atoms with E-state index in [0.29, 0.717) is 86.1 Å². The largest absolute Gasteiger partial charge is 0.493 e. The third-order valence-electron chi connectivity index (χ3n) is 8.03. The Balaban J connectivity index is 1.25. The molecule has 0 spiro atoms. The van der Waals surface area contributed by atoms with E-state index in [9.17, 15) is 23.1 Å². The zero-order valence-electron chi connectivity index (χ0n) is 26.4. The Kier molecular flexibility index (Phi) is 10.4. The van der Waals surface area contributed by atoms with Crippen LogP contribution in [0.4, 0.5) is 16.2 Å². The molecule has 0 bridgehead atoms. The van der Waals surface area contributed by atoms with Gasteiger partial charge in [0.2, 0.25) is 0 Å². The highest BCUT2D eigenvalue weighted by Gasteiger charge is 2.27. The number of rotatable bonds is 11. The number of methoxy groups -OCH3 is 1. The molecule has 5 rings (SSSR count). The van der Waals surface area contributed by atoms with Crippen LogP contribution in [0.15, 0.2) is 42.6 Å². The molecule has 0 radical (unpaired) electrons. The van der Waals surface area contributed by atoms with Crippen LogP contribution >= 0.6 is 0 Å². The quantitative estimate of drug-likeness (QED) is 0.292. The van der Waals surface area contributed by atoms with Crippen LogP contribution < -0.4 is 24.4 Å². The summed E-state index contributed by atoms with van der Waals surface area (Å²) in [5, 5.41) is 13.6. The number of aromatic carboxylic acids is 1. The van der Waals surface area contributed by atoms with Crippen molar-refractivity contribution < 1.29 is 37.3 Å². The van der Waals surface area contributed by atoms with E-state index in [-0.39, 0.29) is 29.2 Å². The first-order valence-corrected chi connectivity index (χ1v) is 17.2. The lowest BCUT2D eigenvalue weighted by Gasteiger charge is -2.37. The number of ether oxygens (including phenoxy) is 3. The summed E-state index contributed by atoms with van der Waals surface area (Å²) in [6.45, 7) is 7.71. The second-order valence-corrected chi connectivity index (χ2v) is 13.9. The number of aromatic nitrogens is 1. The van der Waals surface area contributed by atoms with E-state index in [1.807, 2.05) is 30.9 Å². The SMILES string of the molecule is COc1cc2c(N3CCN(C(=O)Nc4ccc(OC(C)C)cc4)CC3)c(C(=O)O)cnc2cc1OCCCN1CCS(=O)(=O)CC1. The minimum atomic E-state index is -2.92. The molecule has 0 unspecified atom stereocenters. The summed E-state index contributed by atoms with van der Waals surface area (Å²) in [6.07, 6.45) is 2.11. The maximum Gasteiger partial charge on any atom is 0.339 e. The maximum absolute atomic E-state index is 13.0. The molecular formula is C32H41N5O8S. The number of nitrogens with one attached hydrogen (secondary N) is 1. The monoisotopic (exact) mass is 655 g/mol. The van der Waals surface area contributed by atoms with Gasteiger partial charge in [-0.25, -0.2) is 18.0 Å². The lowest BCUT2D eigenvalue weighted by atomic mass is 10.1. The molecule has 248 valence electrons. The summed E-state index contributed by atoms with van der Waals surface area (Å²) >= 11 is 0. The first-order valence-electron chi connectivity index (χ1n) is 15.4. The van der Waals surface area contributed by atoms with E-state index >= 15 is 0 Å². The van der Waals surface area contributed by atoms with Crippen LogP contribution in [0.25, 0.3) is 10.9 Å². The summed E-state index contributed by atoms with van der Waals surface area (Å²) in [4.78, 5) is 35.5. The molecule has 2 amide bonds. The smallest absolute Gasteiger partial charge is 0.339 e. The highest BCUT2D eigenvalue weighted by Crippen LogP contribution is 2.38. The predicted octanol–water partition coefficient (Wildman–Crippen LogP) is 3.58. The summed E-state index contributed by atoms with van der Waals surface area (Å²) in [6, 6.07) is 10.5. The number of carboxylic acid groups (broad SMARTS) is 1. The first-order chi connectivity index (χ1) is 22.0. The minimum absolute atomic E-state index is 0.0551. The molecule has 2 aliphatic heterocycles. The van der Waals surface area contributed by atoms with Gasteiger partial charge in [0.05, 0.1) is 42.5 Å². The highest BCUT2D eigenvalue weighted by molar-refractivity contribution is 7.91. The summed E-state index contributed by atoms with van der Waals surface area (Å²) in [7, 11) is -1.40. The van der Waals surface area contributed by atoms with Crippen LogP contribution in [-0.2, 0) is 9.84 Å². The first kappa shape index (κ1) is 33.1. The van der Waals surface area contributed by atoms with Gasteiger partial charge in [-0.3, -0.25) is 4.98 Å². The van der Waals surface area contributed by atoms with Gasteiger partial charge in [0, 0.05) is 69.2 Å². The molecule has 2 aromatic carbocycles. The van der Waals surface area contributed by atoms with Crippen molar-refractivity contribution in [2.75, 3.05) is 81.3 Å². The number of pyridine rings is 1. The molecule has 2 aliphatic rings. The minimum Gasteiger partial charge on any atom is -0.493 e. The van der Waals surface area contributed by atoms with E-state index in [1.165, 1.54) is 13.3 Å². The van der Waals surface area contributed by atoms with Crippen LogP contribution in [0.5, 0.6) is 17.2 Å². The van der Waals surface area contributed by atoms with E-state index in [0.717, 1.165) is 12.3 Å². The van der Waals surface area contributed by atoms with E-state index < -0.39 is 15.8 Å². The van der Waals surface area contributed by atoms with Crippen molar-refractivity contribution in [2.24, 2.45) is 0 Å². The van der Waals surface area contributed by atoms with Gasteiger partial charge in [-0.2, -0.15) is 0 Å². The molecule has 1 aromatic heterocycles. The number of carboxylic acids is 1. The van der Waals surface area contributed by atoms with Crippen molar-refractivity contribution in [1.29, 1.82) is 0 Å². The van der Waals surface area contributed by atoms with Gasteiger partial charge in [0.1, 0.15) is 11.3 Å². The average molecular weight is 656 g/mol. The lowest BCUT2D eigenvalue weighted by molar-refractivity contribution is 0.0697. The van der Waals surface area contributed by atoms with Crippen molar-refractivity contribution in [2.45, 2.75) is 26.4 Å². The predicted molar refractivity (Wildman–Crippen MR) is 175 cm³/mol. The Morgan fingerprint density at radius 2 is 1.70 bits per heavy atom. The van der Waals surface area contributed by atoms with Crippen molar-refractivity contribution >= 4 is 44.1 Å².